The second-order valence-electron chi connectivity index (χ2n) is 7.15. The third kappa shape index (κ3) is 4.30. The van der Waals surface area contributed by atoms with Crippen LogP contribution in [0.3, 0.4) is 0 Å². The molecule has 2 aliphatic rings. The number of carbonyl (C=O) groups is 2. The van der Waals surface area contributed by atoms with Crippen LogP contribution in [0, 0.1) is 17.7 Å². The number of amides is 2. The summed E-state index contributed by atoms with van der Waals surface area (Å²) in [5, 5.41) is 0. The Morgan fingerprint density at radius 1 is 1.22 bits per heavy atom. The Morgan fingerprint density at radius 3 is 2.74 bits per heavy atom. The van der Waals surface area contributed by atoms with Gasteiger partial charge in [0.2, 0.25) is 11.8 Å². The number of nitrogens with zero attached hydrogens (tertiary/aromatic N) is 2. The van der Waals surface area contributed by atoms with E-state index in [1.807, 2.05) is 17.9 Å². The van der Waals surface area contributed by atoms with Crippen molar-refractivity contribution in [2.24, 2.45) is 11.8 Å². The second-order valence-corrected chi connectivity index (χ2v) is 7.15. The van der Waals surface area contributed by atoms with Crippen LogP contribution >= 0.6 is 0 Å². The average Bonchev–Trinajstić information content (AvgIpc) is 3.20. The molecule has 0 saturated carbocycles. The van der Waals surface area contributed by atoms with E-state index in [0.29, 0.717) is 39.3 Å². The molecule has 0 aliphatic carbocycles. The van der Waals surface area contributed by atoms with E-state index in [2.05, 4.69) is 0 Å². The lowest BCUT2D eigenvalue weighted by atomic mass is 9.89. The van der Waals surface area contributed by atoms with E-state index in [9.17, 15) is 14.0 Å². The van der Waals surface area contributed by atoms with E-state index in [-0.39, 0.29) is 42.1 Å². The molecule has 2 saturated heterocycles. The quantitative estimate of drug-likeness (QED) is 0.680. The molecule has 3 rings (SSSR count). The van der Waals surface area contributed by atoms with Gasteiger partial charge in [0, 0.05) is 45.2 Å². The first-order chi connectivity index (χ1) is 13.0. The van der Waals surface area contributed by atoms with Crippen LogP contribution in [0.5, 0.6) is 0 Å². The monoisotopic (exact) mass is 378 g/mol. The zero-order chi connectivity index (χ0) is 19.4. The van der Waals surface area contributed by atoms with Crippen molar-refractivity contribution in [2.45, 2.75) is 19.4 Å². The predicted octanol–water partition coefficient (Wildman–Crippen LogP) is 1.86. The van der Waals surface area contributed by atoms with Gasteiger partial charge in [0.25, 0.3) is 0 Å². The number of ether oxygens (including phenoxy) is 2. The van der Waals surface area contributed by atoms with Gasteiger partial charge in [-0.2, -0.15) is 0 Å². The molecule has 2 fully saturated rings. The van der Waals surface area contributed by atoms with Gasteiger partial charge in [-0.1, -0.05) is 12.1 Å². The van der Waals surface area contributed by atoms with Crippen LogP contribution in [-0.2, 0) is 19.1 Å². The van der Waals surface area contributed by atoms with Crippen LogP contribution in [0.1, 0.15) is 24.9 Å². The van der Waals surface area contributed by atoms with Gasteiger partial charge in [-0.05, 0) is 24.6 Å². The van der Waals surface area contributed by atoms with Crippen molar-refractivity contribution in [1.29, 1.82) is 0 Å². The molecule has 0 N–H and O–H groups in total. The van der Waals surface area contributed by atoms with Gasteiger partial charge < -0.3 is 19.3 Å². The smallest absolute Gasteiger partial charge is 0.249 e. The van der Waals surface area contributed by atoms with E-state index in [4.69, 9.17) is 9.47 Å². The Hall–Kier alpha value is -1.99. The SMILES string of the molecule is CCOCCC(=O)N1C[C@@H]2CN(C(=O)COC)[C@@H](c3cccc(F)c3)[C@@H]2C1. The van der Waals surface area contributed by atoms with Crippen LogP contribution in [-0.4, -0.2) is 68.2 Å². The zero-order valence-electron chi connectivity index (χ0n) is 15.9. The standard InChI is InChI=1S/C20H27FN2O4/c1-3-27-8-7-18(24)22-10-15-11-23(19(25)13-26-2)20(17(15)12-22)14-5-4-6-16(21)9-14/h4-6,9,15,17,20H,3,7-8,10-13H2,1-2H3/t15-,17-,20+/m1/s1. The summed E-state index contributed by atoms with van der Waals surface area (Å²) < 4.78 is 24.1. The van der Waals surface area contributed by atoms with Crippen molar-refractivity contribution in [3.63, 3.8) is 0 Å². The summed E-state index contributed by atoms with van der Waals surface area (Å²) in [5.74, 6) is -0.0579. The Bertz CT molecular complexity index is 684. The highest BCUT2D eigenvalue weighted by molar-refractivity contribution is 5.79. The van der Waals surface area contributed by atoms with Gasteiger partial charge in [-0.15, -0.1) is 0 Å². The van der Waals surface area contributed by atoms with Crippen molar-refractivity contribution in [3.8, 4) is 0 Å². The minimum Gasteiger partial charge on any atom is -0.381 e. The van der Waals surface area contributed by atoms with E-state index < -0.39 is 0 Å². The van der Waals surface area contributed by atoms with Crippen LogP contribution in [0.15, 0.2) is 24.3 Å². The number of fused-ring (bicyclic) bond motifs is 1. The van der Waals surface area contributed by atoms with Gasteiger partial charge in [0.15, 0.2) is 0 Å². The molecule has 7 heteroatoms. The van der Waals surface area contributed by atoms with E-state index in [1.54, 1.807) is 11.0 Å². The highest BCUT2D eigenvalue weighted by atomic mass is 19.1. The summed E-state index contributed by atoms with van der Waals surface area (Å²) in [6, 6.07) is 6.16. The molecule has 2 heterocycles. The Balaban J connectivity index is 1.77. The van der Waals surface area contributed by atoms with Crippen molar-refractivity contribution in [2.75, 3.05) is 46.6 Å². The zero-order valence-corrected chi connectivity index (χ0v) is 15.9. The third-order valence-electron chi connectivity index (χ3n) is 5.46. The number of hydrogen-bond acceptors (Lipinski definition) is 4. The molecule has 0 aromatic heterocycles. The molecule has 1 aromatic rings. The lowest BCUT2D eigenvalue weighted by Crippen LogP contribution is -2.39. The molecule has 148 valence electrons. The normalized spacial score (nSPS) is 24.3. The van der Waals surface area contributed by atoms with Crippen LogP contribution in [0.2, 0.25) is 0 Å². The first kappa shape index (κ1) is 19.8. The fourth-order valence-electron chi connectivity index (χ4n) is 4.29. The fraction of sp³-hybridized carbons (Fsp3) is 0.600. The molecular weight excluding hydrogens is 351 g/mol. The molecule has 0 bridgehead atoms. The topological polar surface area (TPSA) is 59.1 Å². The molecule has 2 aliphatic heterocycles. The fourth-order valence-corrected chi connectivity index (χ4v) is 4.29. The Labute approximate surface area is 159 Å². The first-order valence-corrected chi connectivity index (χ1v) is 9.44. The highest BCUT2D eigenvalue weighted by Crippen LogP contribution is 2.45. The molecule has 0 radical (unpaired) electrons. The van der Waals surface area contributed by atoms with Gasteiger partial charge in [0.05, 0.1) is 19.1 Å². The largest absolute Gasteiger partial charge is 0.381 e. The molecule has 3 atom stereocenters. The number of carbonyl (C=O) groups excluding carboxylic acids is 2. The van der Waals surface area contributed by atoms with Crippen LogP contribution < -0.4 is 0 Å². The molecule has 6 nitrogen and oxygen atoms in total. The molecule has 0 unspecified atom stereocenters. The van der Waals surface area contributed by atoms with Gasteiger partial charge in [-0.3, -0.25) is 9.59 Å². The number of benzene rings is 1. The number of rotatable bonds is 7. The Morgan fingerprint density at radius 2 is 2.04 bits per heavy atom. The number of hydrogen-bond donors (Lipinski definition) is 0. The van der Waals surface area contributed by atoms with Crippen LogP contribution in [0.25, 0.3) is 0 Å². The van der Waals surface area contributed by atoms with Gasteiger partial charge >= 0.3 is 0 Å². The van der Waals surface area contributed by atoms with Crippen molar-refractivity contribution >= 4 is 11.8 Å². The summed E-state index contributed by atoms with van der Waals surface area (Å²) >= 11 is 0. The third-order valence-corrected chi connectivity index (χ3v) is 5.46. The number of likely N-dealkylation sites (tertiary alicyclic amines) is 2. The maximum absolute atomic E-state index is 13.8. The first-order valence-electron chi connectivity index (χ1n) is 9.44. The van der Waals surface area contributed by atoms with Gasteiger partial charge in [-0.25, -0.2) is 4.39 Å². The molecule has 0 spiro atoms. The maximum atomic E-state index is 13.8. The van der Waals surface area contributed by atoms with Crippen molar-refractivity contribution < 1.29 is 23.5 Å². The minimum atomic E-state index is -0.322. The summed E-state index contributed by atoms with van der Waals surface area (Å²) in [7, 11) is 1.49. The van der Waals surface area contributed by atoms with E-state index >= 15 is 0 Å². The molecule has 2 amide bonds. The molecule has 27 heavy (non-hydrogen) atoms. The lowest BCUT2D eigenvalue weighted by Gasteiger charge is -2.30. The summed E-state index contributed by atoms with van der Waals surface area (Å²) in [4.78, 5) is 28.6. The Kier molecular flexibility index (Phi) is 6.44. The molecule has 1 aromatic carbocycles. The van der Waals surface area contributed by atoms with E-state index in [0.717, 1.165) is 5.56 Å². The minimum absolute atomic E-state index is 0.00224. The molecular formula is C20H27FN2O4. The van der Waals surface area contributed by atoms with Crippen molar-refractivity contribution in [3.05, 3.63) is 35.6 Å². The number of methoxy groups -OCH3 is 1. The highest BCUT2D eigenvalue weighted by Gasteiger charge is 2.49. The maximum Gasteiger partial charge on any atom is 0.249 e. The summed E-state index contributed by atoms with van der Waals surface area (Å²) in [6.07, 6.45) is 0.365. The summed E-state index contributed by atoms with van der Waals surface area (Å²) in [6.45, 7) is 4.68. The number of halogens is 1. The summed E-state index contributed by atoms with van der Waals surface area (Å²) in [5.41, 5.74) is 0.774. The van der Waals surface area contributed by atoms with Crippen LogP contribution in [0.4, 0.5) is 4.39 Å². The van der Waals surface area contributed by atoms with Crippen molar-refractivity contribution in [1.82, 2.24) is 9.80 Å². The van der Waals surface area contributed by atoms with Gasteiger partial charge in [0.1, 0.15) is 12.4 Å². The average molecular weight is 378 g/mol. The second kappa shape index (κ2) is 8.80. The predicted molar refractivity (Wildman–Crippen MR) is 97.4 cm³/mol. The van der Waals surface area contributed by atoms with E-state index in [1.165, 1.54) is 19.2 Å². The lowest BCUT2D eigenvalue weighted by molar-refractivity contribution is -0.137.